The minimum absolute atomic E-state index is 0.0345. The number of hydrogen-bond donors (Lipinski definition) is 0. The molecule has 9 heteroatoms. The van der Waals surface area contributed by atoms with Gasteiger partial charge in [0.15, 0.2) is 0 Å². The maximum Gasteiger partial charge on any atom is 0.419 e. The van der Waals surface area contributed by atoms with Gasteiger partial charge in [-0.3, -0.25) is 4.98 Å². The van der Waals surface area contributed by atoms with Crippen LogP contribution in [0.3, 0.4) is 0 Å². The SMILES string of the molecule is FC(F)(F)c1cc(Br)cnc1N1CCC(COc2cnccn2)C1. The number of halogens is 4. The highest BCUT2D eigenvalue weighted by atomic mass is 79.9. The van der Waals surface area contributed by atoms with Crippen molar-refractivity contribution in [3.05, 3.63) is 40.9 Å². The van der Waals surface area contributed by atoms with Crippen LogP contribution >= 0.6 is 15.9 Å². The van der Waals surface area contributed by atoms with Crippen LogP contribution in [-0.2, 0) is 6.18 Å². The molecule has 0 N–H and O–H groups in total. The molecule has 3 heterocycles. The highest BCUT2D eigenvalue weighted by molar-refractivity contribution is 9.10. The molecule has 2 aromatic rings. The second-order valence-corrected chi connectivity index (χ2v) is 6.39. The van der Waals surface area contributed by atoms with Crippen LogP contribution in [-0.4, -0.2) is 34.6 Å². The Morgan fingerprint density at radius 3 is 2.79 bits per heavy atom. The van der Waals surface area contributed by atoms with Crippen LogP contribution in [0.25, 0.3) is 0 Å². The van der Waals surface area contributed by atoms with Crippen molar-refractivity contribution in [1.29, 1.82) is 0 Å². The standard InChI is InChI=1S/C15H14BrF3N4O/c16-11-5-12(15(17,18)19)14(22-6-11)23-4-1-10(8-23)9-24-13-7-20-2-3-21-13/h2-3,5-7,10H,1,4,8-9H2. The Morgan fingerprint density at radius 2 is 2.08 bits per heavy atom. The number of nitrogens with zero attached hydrogens (tertiary/aromatic N) is 4. The second kappa shape index (κ2) is 6.92. The Bertz CT molecular complexity index is 699. The van der Waals surface area contributed by atoms with Gasteiger partial charge in [0.2, 0.25) is 5.88 Å². The molecule has 3 rings (SSSR count). The molecule has 1 saturated heterocycles. The summed E-state index contributed by atoms with van der Waals surface area (Å²) in [7, 11) is 0. The van der Waals surface area contributed by atoms with Gasteiger partial charge in [-0.1, -0.05) is 0 Å². The van der Waals surface area contributed by atoms with Gasteiger partial charge < -0.3 is 9.64 Å². The zero-order valence-corrected chi connectivity index (χ0v) is 14.1. The molecular weight excluding hydrogens is 389 g/mol. The minimum Gasteiger partial charge on any atom is -0.476 e. The fraction of sp³-hybridized carbons (Fsp3) is 0.400. The number of anilines is 1. The molecule has 1 atom stereocenters. The summed E-state index contributed by atoms with van der Waals surface area (Å²) >= 11 is 3.05. The maximum absolute atomic E-state index is 13.2. The van der Waals surface area contributed by atoms with Gasteiger partial charge in [-0.15, -0.1) is 0 Å². The zero-order chi connectivity index (χ0) is 17.2. The fourth-order valence-electron chi connectivity index (χ4n) is 2.62. The van der Waals surface area contributed by atoms with E-state index < -0.39 is 11.7 Å². The monoisotopic (exact) mass is 402 g/mol. The summed E-state index contributed by atoms with van der Waals surface area (Å²) in [6, 6.07) is 1.06. The first-order valence-electron chi connectivity index (χ1n) is 7.30. The topological polar surface area (TPSA) is 51.1 Å². The van der Waals surface area contributed by atoms with E-state index in [0.717, 1.165) is 12.5 Å². The van der Waals surface area contributed by atoms with Gasteiger partial charge in [-0.25, -0.2) is 9.97 Å². The molecule has 1 unspecified atom stereocenters. The van der Waals surface area contributed by atoms with E-state index in [1.807, 2.05) is 0 Å². The van der Waals surface area contributed by atoms with Crippen LogP contribution < -0.4 is 9.64 Å². The molecule has 1 fully saturated rings. The Kier molecular flexibility index (Phi) is 4.88. The van der Waals surface area contributed by atoms with E-state index in [4.69, 9.17) is 4.74 Å². The van der Waals surface area contributed by atoms with Gasteiger partial charge in [0, 0.05) is 42.1 Å². The van der Waals surface area contributed by atoms with E-state index in [1.54, 1.807) is 11.1 Å². The van der Waals surface area contributed by atoms with E-state index in [9.17, 15) is 13.2 Å². The van der Waals surface area contributed by atoms with Crippen molar-refractivity contribution in [3.8, 4) is 5.88 Å². The molecular formula is C15H14BrF3N4O. The number of alkyl halides is 3. The van der Waals surface area contributed by atoms with Crippen molar-refractivity contribution >= 4 is 21.7 Å². The van der Waals surface area contributed by atoms with E-state index in [0.29, 0.717) is 30.0 Å². The third kappa shape index (κ3) is 3.95. The highest BCUT2D eigenvalue weighted by Gasteiger charge is 2.37. The van der Waals surface area contributed by atoms with Gasteiger partial charge >= 0.3 is 6.18 Å². The zero-order valence-electron chi connectivity index (χ0n) is 12.5. The van der Waals surface area contributed by atoms with Gasteiger partial charge in [0.1, 0.15) is 5.82 Å². The van der Waals surface area contributed by atoms with Gasteiger partial charge in [-0.2, -0.15) is 13.2 Å². The lowest BCUT2D eigenvalue weighted by molar-refractivity contribution is -0.137. The Morgan fingerprint density at radius 1 is 1.25 bits per heavy atom. The smallest absolute Gasteiger partial charge is 0.419 e. The molecule has 0 saturated carbocycles. The minimum atomic E-state index is -4.44. The summed E-state index contributed by atoms with van der Waals surface area (Å²) in [6.07, 6.45) is 2.24. The predicted molar refractivity (Wildman–Crippen MR) is 84.8 cm³/mol. The van der Waals surface area contributed by atoms with Crippen molar-refractivity contribution in [3.63, 3.8) is 0 Å². The summed E-state index contributed by atoms with van der Waals surface area (Å²) in [5.74, 6) is 0.486. The lowest BCUT2D eigenvalue weighted by atomic mass is 10.1. The van der Waals surface area contributed by atoms with E-state index in [-0.39, 0.29) is 11.7 Å². The van der Waals surface area contributed by atoms with E-state index >= 15 is 0 Å². The van der Waals surface area contributed by atoms with Gasteiger partial charge in [0.05, 0.1) is 18.4 Å². The van der Waals surface area contributed by atoms with Crippen molar-refractivity contribution in [2.75, 3.05) is 24.6 Å². The molecule has 5 nitrogen and oxygen atoms in total. The van der Waals surface area contributed by atoms with Crippen LogP contribution in [0.15, 0.2) is 35.3 Å². The lowest BCUT2D eigenvalue weighted by Crippen LogP contribution is -2.26. The molecule has 0 spiro atoms. The first-order chi connectivity index (χ1) is 11.4. The molecule has 24 heavy (non-hydrogen) atoms. The Labute approximate surface area is 145 Å². The van der Waals surface area contributed by atoms with Crippen LogP contribution in [0, 0.1) is 5.92 Å². The van der Waals surface area contributed by atoms with E-state index in [1.165, 1.54) is 18.6 Å². The number of aromatic nitrogens is 3. The summed E-state index contributed by atoms with van der Waals surface area (Å²) in [5.41, 5.74) is -0.729. The summed E-state index contributed by atoms with van der Waals surface area (Å²) < 4.78 is 45.5. The molecule has 0 aliphatic carbocycles. The van der Waals surface area contributed by atoms with Gasteiger partial charge in [0.25, 0.3) is 0 Å². The molecule has 0 aromatic carbocycles. The lowest BCUT2D eigenvalue weighted by Gasteiger charge is -2.22. The van der Waals surface area contributed by atoms with Crippen molar-refractivity contribution in [1.82, 2.24) is 15.0 Å². The van der Waals surface area contributed by atoms with Crippen LogP contribution in [0.2, 0.25) is 0 Å². The highest BCUT2D eigenvalue weighted by Crippen LogP contribution is 2.38. The largest absolute Gasteiger partial charge is 0.476 e. The number of ether oxygens (including phenoxy) is 1. The Balaban J connectivity index is 1.68. The molecule has 0 bridgehead atoms. The molecule has 1 aliphatic heterocycles. The molecule has 0 radical (unpaired) electrons. The van der Waals surface area contributed by atoms with E-state index in [2.05, 4.69) is 30.9 Å². The molecule has 1 aliphatic rings. The average Bonchev–Trinajstić information content (AvgIpc) is 3.02. The maximum atomic E-state index is 13.2. The predicted octanol–water partition coefficient (Wildman–Crippen LogP) is 3.56. The van der Waals surface area contributed by atoms with Crippen LogP contribution in [0.4, 0.5) is 19.0 Å². The third-order valence-electron chi connectivity index (χ3n) is 3.73. The summed E-state index contributed by atoms with van der Waals surface area (Å²) in [4.78, 5) is 13.5. The first kappa shape index (κ1) is 16.9. The molecule has 2 aromatic heterocycles. The fourth-order valence-corrected chi connectivity index (χ4v) is 2.95. The molecule has 128 valence electrons. The Hall–Kier alpha value is -1.90. The number of pyridine rings is 1. The van der Waals surface area contributed by atoms with Crippen LogP contribution in [0.1, 0.15) is 12.0 Å². The second-order valence-electron chi connectivity index (χ2n) is 5.48. The summed E-state index contributed by atoms with van der Waals surface area (Å²) in [5, 5.41) is 0. The third-order valence-corrected chi connectivity index (χ3v) is 4.16. The van der Waals surface area contributed by atoms with Crippen molar-refractivity contribution in [2.45, 2.75) is 12.6 Å². The number of rotatable bonds is 4. The first-order valence-corrected chi connectivity index (χ1v) is 8.09. The number of hydrogen-bond acceptors (Lipinski definition) is 5. The average molecular weight is 403 g/mol. The van der Waals surface area contributed by atoms with Crippen molar-refractivity contribution in [2.24, 2.45) is 5.92 Å². The molecule has 0 amide bonds. The quantitative estimate of drug-likeness (QED) is 0.782. The summed E-state index contributed by atoms with van der Waals surface area (Å²) in [6.45, 7) is 1.34. The normalized spacial score (nSPS) is 18.0. The van der Waals surface area contributed by atoms with Crippen LogP contribution in [0.5, 0.6) is 5.88 Å². The van der Waals surface area contributed by atoms with Gasteiger partial charge in [-0.05, 0) is 28.4 Å². The van der Waals surface area contributed by atoms with Crippen molar-refractivity contribution < 1.29 is 17.9 Å².